The lowest BCUT2D eigenvalue weighted by atomic mass is 9.75. The van der Waals surface area contributed by atoms with Crippen LogP contribution in [0.25, 0.3) is 0 Å². The van der Waals surface area contributed by atoms with Crippen molar-refractivity contribution in [3.63, 3.8) is 0 Å². The van der Waals surface area contributed by atoms with E-state index in [-0.39, 0.29) is 30.8 Å². The number of benzene rings is 1. The van der Waals surface area contributed by atoms with E-state index >= 15 is 0 Å². The number of hydrogen-bond donors (Lipinski definition) is 2. The highest BCUT2D eigenvalue weighted by molar-refractivity contribution is 5.95. The van der Waals surface area contributed by atoms with Gasteiger partial charge >= 0.3 is 0 Å². The van der Waals surface area contributed by atoms with Gasteiger partial charge < -0.3 is 24.6 Å². The van der Waals surface area contributed by atoms with E-state index < -0.39 is 0 Å². The van der Waals surface area contributed by atoms with Crippen LogP contribution >= 0.6 is 0 Å². The predicted molar refractivity (Wildman–Crippen MR) is 92.3 cm³/mol. The summed E-state index contributed by atoms with van der Waals surface area (Å²) in [4.78, 5) is 17.0. The Labute approximate surface area is 150 Å². The highest BCUT2D eigenvalue weighted by Gasteiger charge is 2.36. The molecule has 2 aliphatic rings. The Balaban J connectivity index is 1.55. The highest BCUT2D eigenvalue weighted by atomic mass is 16.7. The summed E-state index contributed by atoms with van der Waals surface area (Å²) in [6.07, 6.45) is 2.70. The molecule has 0 unspecified atom stereocenters. The normalized spacial score (nSPS) is 21.6. The SMILES string of the molecule is COc1ccc([C@@H](NC(=O)c2ccc3c(c2)OCO3)C2CC(O)C2)cn1. The maximum absolute atomic E-state index is 12.8. The molecule has 2 heterocycles. The van der Waals surface area contributed by atoms with Crippen LogP contribution < -0.4 is 19.5 Å². The van der Waals surface area contributed by atoms with Gasteiger partial charge in [0.1, 0.15) is 0 Å². The molecule has 4 rings (SSSR count). The summed E-state index contributed by atoms with van der Waals surface area (Å²) >= 11 is 0. The second-order valence-electron chi connectivity index (χ2n) is 6.54. The number of hydrogen-bond acceptors (Lipinski definition) is 6. The topological polar surface area (TPSA) is 89.9 Å². The number of rotatable bonds is 5. The van der Waals surface area contributed by atoms with Crippen molar-refractivity contribution in [2.45, 2.75) is 25.0 Å². The van der Waals surface area contributed by atoms with Gasteiger partial charge in [-0.2, -0.15) is 0 Å². The van der Waals surface area contributed by atoms with Gasteiger partial charge in [-0.15, -0.1) is 0 Å². The molecule has 1 saturated carbocycles. The van der Waals surface area contributed by atoms with Gasteiger partial charge in [0, 0.05) is 17.8 Å². The van der Waals surface area contributed by atoms with E-state index in [0.29, 0.717) is 35.8 Å². The first kappa shape index (κ1) is 16.7. The first-order valence-corrected chi connectivity index (χ1v) is 8.52. The molecular weight excluding hydrogens is 336 g/mol. The Bertz CT molecular complexity index is 802. The van der Waals surface area contributed by atoms with Crippen LogP contribution in [0, 0.1) is 5.92 Å². The minimum Gasteiger partial charge on any atom is -0.481 e. The molecule has 1 aromatic heterocycles. The van der Waals surface area contributed by atoms with E-state index in [4.69, 9.17) is 14.2 Å². The molecule has 136 valence electrons. The van der Waals surface area contributed by atoms with Crippen LogP contribution in [-0.4, -0.2) is 36.0 Å². The van der Waals surface area contributed by atoms with Crippen LogP contribution in [0.5, 0.6) is 17.4 Å². The van der Waals surface area contributed by atoms with Gasteiger partial charge in [-0.25, -0.2) is 4.98 Å². The minimum absolute atomic E-state index is 0.165. The predicted octanol–water partition coefficient (Wildman–Crippen LogP) is 2.06. The number of pyridine rings is 1. The van der Waals surface area contributed by atoms with Crippen LogP contribution in [0.2, 0.25) is 0 Å². The van der Waals surface area contributed by atoms with E-state index in [9.17, 15) is 9.90 Å². The number of amides is 1. The van der Waals surface area contributed by atoms with E-state index in [1.54, 1.807) is 37.6 Å². The molecule has 1 amide bonds. The van der Waals surface area contributed by atoms with Crippen molar-refractivity contribution in [2.24, 2.45) is 5.92 Å². The molecule has 2 N–H and O–H groups in total. The zero-order chi connectivity index (χ0) is 18.1. The van der Waals surface area contributed by atoms with Crippen molar-refractivity contribution < 1.29 is 24.1 Å². The second kappa shape index (κ2) is 6.84. The average molecular weight is 356 g/mol. The van der Waals surface area contributed by atoms with Crippen LogP contribution in [-0.2, 0) is 0 Å². The number of ether oxygens (including phenoxy) is 3. The summed E-state index contributed by atoms with van der Waals surface area (Å²) in [5, 5.41) is 12.7. The fourth-order valence-corrected chi connectivity index (χ4v) is 3.33. The molecule has 1 aliphatic heterocycles. The Morgan fingerprint density at radius 3 is 2.77 bits per heavy atom. The lowest BCUT2D eigenvalue weighted by Crippen LogP contribution is -2.41. The molecule has 0 saturated heterocycles. The van der Waals surface area contributed by atoms with E-state index in [1.165, 1.54) is 0 Å². The monoisotopic (exact) mass is 356 g/mol. The van der Waals surface area contributed by atoms with Crippen molar-refractivity contribution >= 4 is 5.91 Å². The van der Waals surface area contributed by atoms with Gasteiger partial charge in [0.15, 0.2) is 11.5 Å². The van der Waals surface area contributed by atoms with Crippen molar-refractivity contribution in [3.05, 3.63) is 47.7 Å². The number of carbonyl (C=O) groups is 1. The Hall–Kier alpha value is -2.80. The summed E-state index contributed by atoms with van der Waals surface area (Å²) < 4.78 is 15.7. The maximum Gasteiger partial charge on any atom is 0.251 e. The van der Waals surface area contributed by atoms with Crippen molar-refractivity contribution in [2.75, 3.05) is 13.9 Å². The third-order valence-electron chi connectivity index (χ3n) is 4.87. The number of fused-ring (bicyclic) bond motifs is 1. The van der Waals surface area contributed by atoms with Gasteiger partial charge in [0.05, 0.1) is 19.3 Å². The average Bonchev–Trinajstić information content (AvgIpc) is 3.11. The van der Waals surface area contributed by atoms with Gasteiger partial charge in [-0.3, -0.25) is 4.79 Å². The summed E-state index contributed by atoms with van der Waals surface area (Å²) in [5.41, 5.74) is 1.39. The molecule has 1 aliphatic carbocycles. The first-order valence-electron chi connectivity index (χ1n) is 8.52. The van der Waals surface area contributed by atoms with Crippen LogP contribution in [0.3, 0.4) is 0 Å². The molecule has 0 spiro atoms. The molecule has 2 aromatic rings. The Morgan fingerprint density at radius 2 is 2.08 bits per heavy atom. The van der Waals surface area contributed by atoms with Gasteiger partial charge in [-0.1, -0.05) is 6.07 Å². The Morgan fingerprint density at radius 1 is 1.27 bits per heavy atom. The van der Waals surface area contributed by atoms with Gasteiger partial charge in [0.2, 0.25) is 12.7 Å². The number of nitrogens with one attached hydrogen (secondary N) is 1. The van der Waals surface area contributed by atoms with E-state index in [0.717, 1.165) is 5.56 Å². The summed E-state index contributed by atoms with van der Waals surface area (Å²) in [6, 6.07) is 8.55. The largest absolute Gasteiger partial charge is 0.481 e. The smallest absolute Gasteiger partial charge is 0.251 e. The number of carbonyl (C=O) groups excluding carboxylic acids is 1. The third-order valence-corrected chi connectivity index (χ3v) is 4.87. The molecule has 7 heteroatoms. The zero-order valence-electron chi connectivity index (χ0n) is 14.3. The molecular formula is C19H20N2O5. The number of methoxy groups -OCH3 is 1. The molecule has 26 heavy (non-hydrogen) atoms. The lowest BCUT2D eigenvalue weighted by molar-refractivity contribution is 0.0234. The minimum atomic E-state index is -0.309. The highest BCUT2D eigenvalue weighted by Crippen LogP contribution is 2.39. The fraction of sp³-hybridized carbons (Fsp3) is 0.368. The van der Waals surface area contributed by atoms with Crippen molar-refractivity contribution in [3.8, 4) is 17.4 Å². The first-order chi connectivity index (χ1) is 12.6. The molecule has 7 nitrogen and oxygen atoms in total. The van der Waals surface area contributed by atoms with E-state index in [2.05, 4.69) is 10.3 Å². The number of aliphatic hydroxyl groups excluding tert-OH is 1. The van der Waals surface area contributed by atoms with E-state index in [1.807, 2.05) is 6.07 Å². The van der Waals surface area contributed by atoms with Gasteiger partial charge in [-0.05, 0) is 42.5 Å². The quantitative estimate of drug-likeness (QED) is 0.852. The Kier molecular flexibility index (Phi) is 4.38. The summed E-state index contributed by atoms with van der Waals surface area (Å²) in [6.45, 7) is 0.167. The molecule has 0 radical (unpaired) electrons. The number of aromatic nitrogens is 1. The maximum atomic E-state index is 12.8. The summed E-state index contributed by atoms with van der Waals surface area (Å²) in [7, 11) is 1.56. The van der Waals surface area contributed by atoms with Crippen LogP contribution in [0.1, 0.15) is 34.8 Å². The van der Waals surface area contributed by atoms with Crippen LogP contribution in [0.15, 0.2) is 36.5 Å². The second-order valence-corrected chi connectivity index (χ2v) is 6.54. The van der Waals surface area contributed by atoms with Crippen LogP contribution in [0.4, 0.5) is 0 Å². The fourth-order valence-electron chi connectivity index (χ4n) is 3.33. The summed E-state index contributed by atoms with van der Waals surface area (Å²) in [5.74, 6) is 1.69. The number of nitrogens with zero attached hydrogens (tertiary/aromatic N) is 1. The molecule has 0 bridgehead atoms. The molecule has 1 atom stereocenters. The standard InChI is InChI=1S/C19H20N2O5/c1-24-17-5-3-12(9-20-17)18(13-6-14(22)7-13)21-19(23)11-2-4-15-16(8-11)26-10-25-15/h2-5,8-9,13-14,18,22H,6-7,10H2,1H3,(H,21,23)/t13?,14?,18-/m1/s1. The molecule has 1 fully saturated rings. The number of aliphatic hydroxyl groups is 1. The third kappa shape index (κ3) is 3.17. The van der Waals surface area contributed by atoms with Crippen molar-refractivity contribution in [1.29, 1.82) is 0 Å². The lowest BCUT2D eigenvalue weighted by Gasteiger charge is -2.38. The zero-order valence-corrected chi connectivity index (χ0v) is 14.3. The van der Waals surface area contributed by atoms with Crippen molar-refractivity contribution in [1.82, 2.24) is 10.3 Å². The molecule has 1 aromatic carbocycles. The van der Waals surface area contributed by atoms with Gasteiger partial charge in [0.25, 0.3) is 5.91 Å².